The van der Waals surface area contributed by atoms with Gasteiger partial charge in [0, 0.05) is 39.2 Å². The van der Waals surface area contributed by atoms with Gasteiger partial charge in [0.15, 0.2) is 0 Å². The summed E-state index contributed by atoms with van der Waals surface area (Å²) < 4.78 is 38.4. The minimum atomic E-state index is -4.38. The van der Waals surface area contributed by atoms with Gasteiger partial charge in [0.2, 0.25) is 11.9 Å². The molecule has 0 spiro atoms. The van der Waals surface area contributed by atoms with Crippen molar-refractivity contribution in [3.63, 3.8) is 0 Å². The second-order valence-corrected chi connectivity index (χ2v) is 6.84. The van der Waals surface area contributed by atoms with E-state index in [-0.39, 0.29) is 18.5 Å². The molecule has 1 unspecified atom stereocenters. The first-order chi connectivity index (χ1) is 13.2. The van der Waals surface area contributed by atoms with Gasteiger partial charge in [-0.3, -0.25) is 4.79 Å². The predicted octanol–water partition coefficient (Wildman–Crippen LogP) is 2.68. The lowest BCUT2D eigenvalue weighted by Crippen LogP contribution is -2.37. The van der Waals surface area contributed by atoms with E-state index in [1.165, 1.54) is 19.1 Å². The van der Waals surface area contributed by atoms with Gasteiger partial charge in [0.1, 0.15) is 0 Å². The van der Waals surface area contributed by atoms with Crippen LogP contribution in [0.25, 0.3) is 11.3 Å². The van der Waals surface area contributed by atoms with Crippen molar-refractivity contribution in [1.82, 2.24) is 14.9 Å². The fraction of sp³-hybridized carbons (Fsp3) is 0.421. The summed E-state index contributed by atoms with van der Waals surface area (Å²) in [4.78, 5) is 24.3. The van der Waals surface area contributed by atoms with E-state index < -0.39 is 11.7 Å². The minimum Gasteiger partial charge on any atom is -0.341 e. The third-order valence-electron chi connectivity index (χ3n) is 4.98. The smallest absolute Gasteiger partial charge is 0.341 e. The van der Waals surface area contributed by atoms with Crippen molar-refractivity contribution >= 4 is 11.9 Å². The Labute approximate surface area is 161 Å². The molecule has 3 rings (SSSR count). The molecule has 0 radical (unpaired) electrons. The van der Waals surface area contributed by atoms with E-state index in [1.54, 1.807) is 18.0 Å². The molecular formula is C19H22F3N5O. The number of amides is 1. The van der Waals surface area contributed by atoms with Crippen LogP contribution in [0.4, 0.5) is 19.1 Å². The van der Waals surface area contributed by atoms with Crippen LogP contribution < -0.4 is 10.6 Å². The number of aromatic nitrogens is 2. The van der Waals surface area contributed by atoms with Crippen LogP contribution in [0, 0.1) is 0 Å². The Bertz CT molecular complexity index is 854. The third kappa shape index (κ3) is 4.24. The van der Waals surface area contributed by atoms with Crippen molar-refractivity contribution in [2.45, 2.75) is 32.1 Å². The van der Waals surface area contributed by atoms with Gasteiger partial charge in [-0.1, -0.05) is 12.1 Å². The number of alkyl halides is 3. The molecule has 0 bridgehead atoms. The van der Waals surface area contributed by atoms with Crippen LogP contribution in [0.1, 0.15) is 24.6 Å². The van der Waals surface area contributed by atoms with E-state index in [0.29, 0.717) is 36.0 Å². The van der Waals surface area contributed by atoms with Crippen LogP contribution >= 0.6 is 0 Å². The summed E-state index contributed by atoms with van der Waals surface area (Å²) >= 11 is 0. The summed E-state index contributed by atoms with van der Waals surface area (Å²) in [5.74, 6) is 0.464. The molecule has 1 amide bonds. The zero-order valence-electron chi connectivity index (χ0n) is 15.7. The van der Waals surface area contributed by atoms with Crippen LogP contribution in [-0.4, -0.2) is 47.0 Å². The first-order valence-electron chi connectivity index (χ1n) is 8.93. The number of likely N-dealkylation sites (N-methyl/N-ethyl adjacent to an activating group) is 1. The summed E-state index contributed by atoms with van der Waals surface area (Å²) in [6, 6.07) is 6.61. The number of hydrogen-bond donors (Lipinski definition) is 1. The van der Waals surface area contributed by atoms with Gasteiger partial charge in [-0.15, -0.1) is 0 Å². The highest BCUT2D eigenvalue weighted by atomic mass is 19.4. The zero-order chi connectivity index (χ0) is 20.5. The molecule has 0 saturated carbocycles. The number of nitrogens with zero attached hydrogens (tertiary/aromatic N) is 4. The molecule has 1 atom stereocenters. The molecule has 1 aromatic carbocycles. The molecule has 2 aromatic rings. The number of benzene rings is 1. The molecular weight excluding hydrogens is 371 g/mol. The quantitative estimate of drug-likeness (QED) is 0.865. The highest BCUT2D eigenvalue weighted by molar-refractivity contribution is 5.73. The molecule has 1 saturated heterocycles. The van der Waals surface area contributed by atoms with Crippen LogP contribution in [0.3, 0.4) is 0 Å². The Hall–Kier alpha value is -2.68. The fourth-order valence-electron chi connectivity index (χ4n) is 3.20. The Morgan fingerprint density at radius 2 is 1.96 bits per heavy atom. The van der Waals surface area contributed by atoms with Gasteiger partial charge < -0.3 is 15.5 Å². The number of halogens is 3. The molecule has 2 N–H and O–H groups in total. The molecule has 6 nitrogen and oxygen atoms in total. The SMILES string of the molecule is CC(=O)N(C)C1CCN(c2nc(CN)cc(-c3ccc(C(F)(F)F)cc3)n2)C1. The van der Waals surface area contributed by atoms with Gasteiger partial charge in [0.05, 0.1) is 23.0 Å². The normalized spacial score (nSPS) is 17.1. The van der Waals surface area contributed by atoms with E-state index in [2.05, 4.69) is 9.97 Å². The molecule has 1 aromatic heterocycles. The molecule has 28 heavy (non-hydrogen) atoms. The molecule has 1 aliphatic rings. The molecule has 150 valence electrons. The van der Waals surface area contributed by atoms with E-state index in [1.807, 2.05) is 4.90 Å². The van der Waals surface area contributed by atoms with Gasteiger partial charge in [-0.05, 0) is 24.6 Å². The highest BCUT2D eigenvalue weighted by Gasteiger charge is 2.31. The lowest BCUT2D eigenvalue weighted by molar-refractivity contribution is -0.137. The lowest BCUT2D eigenvalue weighted by atomic mass is 10.1. The van der Waals surface area contributed by atoms with Crippen molar-refractivity contribution in [3.8, 4) is 11.3 Å². The number of carbonyl (C=O) groups is 1. The summed E-state index contributed by atoms with van der Waals surface area (Å²) in [5, 5.41) is 0. The van der Waals surface area contributed by atoms with E-state index in [4.69, 9.17) is 5.73 Å². The maximum absolute atomic E-state index is 12.8. The number of carbonyl (C=O) groups excluding carboxylic acids is 1. The highest BCUT2D eigenvalue weighted by Crippen LogP contribution is 2.31. The van der Waals surface area contributed by atoms with Gasteiger partial charge in [-0.2, -0.15) is 13.2 Å². The number of nitrogens with two attached hydrogens (primary N) is 1. The van der Waals surface area contributed by atoms with Crippen LogP contribution in [0.5, 0.6) is 0 Å². The molecule has 0 aliphatic carbocycles. The van der Waals surface area contributed by atoms with Gasteiger partial charge in [0.25, 0.3) is 0 Å². The predicted molar refractivity (Wildman–Crippen MR) is 99.4 cm³/mol. The van der Waals surface area contributed by atoms with Crippen molar-refractivity contribution in [2.24, 2.45) is 5.73 Å². The number of rotatable bonds is 4. The third-order valence-corrected chi connectivity index (χ3v) is 4.98. The Morgan fingerprint density at radius 1 is 1.29 bits per heavy atom. The number of hydrogen-bond acceptors (Lipinski definition) is 5. The summed E-state index contributed by atoms with van der Waals surface area (Å²) in [5.41, 5.74) is 6.72. The maximum Gasteiger partial charge on any atom is 0.416 e. The molecule has 1 aliphatic heterocycles. The van der Waals surface area contributed by atoms with Gasteiger partial charge >= 0.3 is 6.18 Å². The van der Waals surface area contributed by atoms with E-state index >= 15 is 0 Å². The summed E-state index contributed by atoms with van der Waals surface area (Å²) in [7, 11) is 1.77. The second kappa shape index (κ2) is 7.75. The fourth-order valence-corrected chi connectivity index (χ4v) is 3.20. The van der Waals surface area contributed by atoms with Crippen LogP contribution in [0.2, 0.25) is 0 Å². The minimum absolute atomic E-state index is 0.00563. The van der Waals surface area contributed by atoms with Crippen LogP contribution in [-0.2, 0) is 17.5 Å². The second-order valence-electron chi connectivity index (χ2n) is 6.84. The monoisotopic (exact) mass is 393 g/mol. The van der Waals surface area contributed by atoms with E-state index in [9.17, 15) is 18.0 Å². The average Bonchev–Trinajstić information content (AvgIpc) is 3.16. The Morgan fingerprint density at radius 3 is 2.54 bits per heavy atom. The van der Waals surface area contributed by atoms with Crippen molar-refractivity contribution in [1.29, 1.82) is 0 Å². The van der Waals surface area contributed by atoms with Crippen molar-refractivity contribution in [3.05, 3.63) is 41.6 Å². The van der Waals surface area contributed by atoms with E-state index in [0.717, 1.165) is 18.6 Å². The Kier molecular flexibility index (Phi) is 5.55. The number of anilines is 1. The summed E-state index contributed by atoms with van der Waals surface area (Å²) in [6.45, 7) is 2.99. The lowest BCUT2D eigenvalue weighted by Gasteiger charge is -2.23. The first kappa shape index (κ1) is 20.1. The topological polar surface area (TPSA) is 75.4 Å². The molecule has 9 heteroatoms. The van der Waals surface area contributed by atoms with Crippen LogP contribution in [0.15, 0.2) is 30.3 Å². The average molecular weight is 393 g/mol. The summed E-state index contributed by atoms with van der Waals surface area (Å²) in [6.07, 6.45) is -3.59. The maximum atomic E-state index is 12.8. The standard InChI is InChI=1S/C19H22F3N5O/c1-12(28)26(2)16-7-8-27(11-16)18-24-15(10-23)9-17(25-18)13-3-5-14(6-4-13)19(20,21)22/h3-6,9,16H,7-8,10-11,23H2,1-2H3. The van der Waals surface area contributed by atoms with Crippen molar-refractivity contribution < 1.29 is 18.0 Å². The van der Waals surface area contributed by atoms with Crippen molar-refractivity contribution in [2.75, 3.05) is 25.0 Å². The molecule has 1 fully saturated rings. The first-order valence-corrected chi connectivity index (χ1v) is 8.93. The molecule has 2 heterocycles. The Balaban J connectivity index is 1.88. The van der Waals surface area contributed by atoms with Gasteiger partial charge in [-0.25, -0.2) is 9.97 Å². The zero-order valence-corrected chi connectivity index (χ0v) is 15.7. The largest absolute Gasteiger partial charge is 0.416 e.